The molecule has 0 radical (unpaired) electrons. The summed E-state index contributed by atoms with van der Waals surface area (Å²) < 4.78 is 5.61. The second-order valence-corrected chi connectivity index (χ2v) is 7.35. The van der Waals surface area contributed by atoms with Gasteiger partial charge in [0, 0.05) is 23.5 Å². The molecule has 0 aliphatic carbocycles. The van der Waals surface area contributed by atoms with E-state index < -0.39 is 0 Å². The topological polar surface area (TPSA) is 79.5 Å². The predicted molar refractivity (Wildman–Crippen MR) is 118 cm³/mol. The van der Waals surface area contributed by atoms with Crippen LogP contribution in [0.3, 0.4) is 0 Å². The number of rotatable bonds is 11. The quantitative estimate of drug-likeness (QED) is 0.471. The lowest BCUT2D eigenvalue weighted by Crippen LogP contribution is -2.21. The van der Waals surface area contributed by atoms with Crippen molar-refractivity contribution in [1.82, 2.24) is 0 Å². The molecule has 6 nitrogen and oxygen atoms in total. The van der Waals surface area contributed by atoms with E-state index in [1.54, 1.807) is 0 Å². The summed E-state index contributed by atoms with van der Waals surface area (Å²) in [4.78, 5) is 23.9. The van der Waals surface area contributed by atoms with Crippen molar-refractivity contribution in [2.24, 2.45) is 5.92 Å². The highest BCUT2D eigenvalue weighted by Crippen LogP contribution is 2.17. The van der Waals surface area contributed by atoms with Gasteiger partial charge in [0.15, 0.2) is 0 Å². The normalized spacial score (nSPS) is 10.5. The van der Waals surface area contributed by atoms with Gasteiger partial charge in [-0.25, -0.2) is 0 Å². The molecular formula is C23H31N3O3. The summed E-state index contributed by atoms with van der Waals surface area (Å²) in [5.41, 5.74) is 2.27. The van der Waals surface area contributed by atoms with Crippen LogP contribution in [0.4, 0.5) is 17.1 Å². The van der Waals surface area contributed by atoms with E-state index in [4.69, 9.17) is 4.74 Å². The largest absolute Gasteiger partial charge is 0.494 e. The Balaban J connectivity index is 1.75. The average molecular weight is 398 g/mol. The summed E-state index contributed by atoms with van der Waals surface area (Å²) in [6.45, 7) is 6.98. The number of hydrogen-bond acceptors (Lipinski definition) is 4. The van der Waals surface area contributed by atoms with Crippen molar-refractivity contribution in [3.8, 4) is 5.75 Å². The number of hydrogen-bond donors (Lipinski definition) is 3. The first-order valence-corrected chi connectivity index (χ1v) is 10.1. The van der Waals surface area contributed by atoms with E-state index in [2.05, 4.69) is 22.9 Å². The Kier molecular flexibility index (Phi) is 9.02. The Hall–Kier alpha value is -3.02. The molecule has 29 heavy (non-hydrogen) atoms. The summed E-state index contributed by atoms with van der Waals surface area (Å²) in [7, 11) is 0. The van der Waals surface area contributed by atoms with Crippen LogP contribution in [0, 0.1) is 5.92 Å². The highest BCUT2D eigenvalue weighted by molar-refractivity contribution is 5.94. The second kappa shape index (κ2) is 11.7. The predicted octanol–water partition coefficient (Wildman–Crippen LogP) is 4.90. The summed E-state index contributed by atoms with van der Waals surface area (Å²) >= 11 is 0. The van der Waals surface area contributed by atoms with E-state index in [1.807, 2.05) is 62.4 Å². The fourth-order valence-electron chi connectivity index (χ4n) is 2.61. The van der Waals surface area contributed by atoms with Crippen LogP contribution < -0.4 is 20.7 Å². The van der Waals surface area contributed by atoms with Gasteiger partial charge in [-0.1, -0.05) is 27.2 Å². The van der Waals surface area contributed by atoms with Crippen molar-refractivity contribution in [2.75, 3.05) is 29.1 Å². The van der Waals surface area contributed by atoms with E-state index in [9.17, 15) is 9.59 Å². The van der Waals surface area contributed by atoms with Crippen LogP contribution in [0.15, 0.2) is 48.5 Å². The van der Waals surface area contributed by atoms with Crippen LogP contribution in [0.25, 0.3) is 0 Å². The number of nitrogens with one attached hydrogen (secondary N) is 3. The van der Waals surface area contributed by atoms with Crippen molar-refractivity contribution in [2.45, 2.75) is 40.0 Å². The van der Waals surface area contributed by atoms with Crippen LogP contribution in [0.1, 0.15) is 40.0 Å². The monoisotopic (exact) mass is 397 g/mol. The number of unbranched alkanes of at least 4 members (excludes halogenated alkanes) is 1. The number of carbonyl (C=O) groups is 2. The zero-order valence-electron chi connectivity index (χ0n) is 17.5. The zero-order valence-corrected chi connectivity index (χ0v) is 17.5. The van der Waals surface area contributed by atoms with Crippen molar-refractivity contribution >= 4 is 28.9 Å². The third-order valence-electron chi connectivity index (χ3n) is 4.12. The Bertz CT molecular complexity index is 771. The maximum atomic E-state index is 12.1. The highest BCUT2D eigenvalue weighted by atomic mass is 16.5. The molecule has 0 aliphatic heterocycles. The standard InChI is InChI=1S/C23H31N3O3/c1-4-5-14-29-21-12-10-20(11-13-21)26-23(28)16-24-18-6-8-19(9-7-18)25-22(27)15-17(2)3/h6-13,17,24H,4-5,14-16H2,1-3H3,(H,25,27)(H,26,28). The van der Waals surface area contributed by atoms with Gasteiger partial charge in [0.25, 0.3) is 0 Å². The van der Waals surface area contributed by atoms with E-state index in [0.29, 0.717) is 18.9 Å². The maximum absolute atomic E-state index is 12.1. The smallest absolute Gasteiger partial charge is 0.243 e. The first kappa shape index (κ1) is 22.3. The van der Waals surface area contributed by atoms with Crippen molar-refractivity contribution in [3.05, 3.63) is 48.5 Å². The average Bonchev–Trinajstić information content (AvgIpc) is 2.68. The van der Waals surface area contributed by atoms with E-state index in [-0.39, 0.29) is 18.4 Å². The third kappa shape index (κ3) is 8.68. The molecule has 0 fully saturated rings. The maximum Gasteiger partial charge on any atom is 0.243 e. The Labute approximate surface area is 173 Å². The molecule has 2 aromatic rings. The van der Waals surface area contributed by atoms with E-state index in [0.717, 1.165) is 35.7 Å². The van der Waals surface area contributed by atoms with Gasteiger partial charge in [0.1, 0.15) is 5.75 Å². The summed E-state index contributed by atoms with van der Waals surface area (Å²) in [6, 6.07) is 14.7. The van der Waals surface area contributed by atoms with Crippen LogP contribution in [-0.2, 0) is 9.59 Å². The van der Waals surface area contributed by atoms with Crippen LogP contribution in [-0.4, -0.2) is 25.0 Å². The molecule has 0 aliphatic rings. The third-order valence-corrected chi connectivity index (χ3v) is 4.12. The van der Waals surface area contributed by atoms with Crippen molar-refractivity contribution in [1.29, 1.82) is 0 Å². The fraction of sp³-hybridized carbons (Fsp3) is 0.391. The molecule has 0 saturated carbocycles. The molecule has 3 N–H and O–H groups in total. The first-order valence-electron chi connectivity index (χ1n) is 10.1. The van der Waals surface area contributed by atoms with Gasteiger partial charge in [-0.2, -0.15) is 0 Å². The van der Waals surface area contributed by atoms with E-state index in [1.165, 1.54) is 0 Å². The fourth-order valence-corrected chi connectivity index (χ4v) is 2.61. The van der Waals surface area contributed by atoms with Gasteiger partial charge in [-0.05, 0) is 60.9 Å². The molecule has 156 valence electrons. The number of amides is 2. The first-order chi connectivity index (χ1) is 14.0. The summed E-state index contributed by atoms with van der Waals surface area (Å²) in [5.74, 6) is 0.982. The van der Waals surface area contributed by atoms with Gasteiger partial charge in [0.2, 0.25) is 11.8 Å². The minimum absolute atomic E-state index is 0.00173. The molecule has 0 atom stereocenters. The number of benzene rings is 2. The van der Waals surface area contributed by atoms with Crippen molar-refractivity contribution in [3.63, 3.8) is 0 Å². The molecule has 0 spiro atoms. The molecule has 2 amide bonds. The van der Waals surface area contributed by atoms with Gasteiger partial charge in [0.05, 0.1) is 13.2 Å². The molecule has 6 heteroatoms. The van der Waals surface area contributed by atoms with Gasteiger partial charge in [-0.15, -0.1) is 0 Å². The molecular weight excluding hydrogens is 366 g/mol. The van der Waals surface area contributed by atoms with Crippen molar-refractivity contribution < 1.29 is 14.3 Å². The highest BCUT2D eigenvalue weighted by Gasteiger charge is 2.06. The number of anilines is 3. The zero-order chi connectivity index (χ0) is 21.1. The molecule has 0 heterocycles. The summed E-state index contributed by atoms with van der Waals surface area (Å²) in [5, 5.41) is 8.78. The number of carbonyl (C=O) groups excluding carboxylic acids is 2. The lowest BCUT2D eigenvalue weighted by Gasteiger charge is -2.10. The Morgan fingerprint density at radius 2 is 1.41 bits per heavy atom. The molecule has 2 rings (SSSR count). The Morgan fingerprint density at radius 1 is 0.862 bits per heavy atom. The van der Waals surface area contributed by atoms with E-state index >= 15 is 0 Å². The minimum atomic E-state index is -0.140. The van der Waals surface area contributed by atoms with Gasteiger partial charge >= 0.3 is 0 Å². The summed E-state index contributed by atoms with van der Waals surface area (Å²) in [6.07, 6.45) is 2.61. The lowest BCUT2D eigenvalue weighted by molar-refractivity contribution is -0.117. The second-order valence-electron chi connectivity index (χ2n) is 7.35. The van der Waals surface area contributed by atoms with Gasteiger partial charge < -0.3 is 20.7 Å². The van der Waals surface area contributed by atoms with Crippen LogP contribution in [0.5, 0.6) is 5.75 Å². The van der Waals surface area contributed by atoms with Gasteiger partial charge in [-0.3, -0.25) is 9.59 Å². The molecule has 0 unspecified atom stereocenters. The molecule has 0 saturated heterocycles. The molecule has 0 bridgehead atoms. The molecule has 0 aromatic heterocycles. The minimum Gasteiger partial charge on any atom is -0.494 e. The molecule has 2 aromatic carbocycles. The number of ether oxygens (including phenoxy) is 1. The van der Waals surface area contributed by atoms with Crippen LogP contribution in [0.2, 0.25) is 0 Å². The Morgan fingerprint density at radius 3 is 2.00 bits per heavy atom. The lowest BCUT2D eigenvalue weighted by atomic mass is 10.1. The SMILES string of the molecule is CCCCOc1ccc(NC(=O)CNc2ccc(NC(=O)CC(C)C)cc2)cc1. The van der Waals surface area contributed by atoms with Crippen LogP contribution >= 0.6 is 0 Å².